The molecule has 1 aliphatic heterocycles. The van der Waals surface area contributed by atoms with Gasteiger partial charge in [-0.05, 0) is 6.07 Å². The molecule has 0 saturated carbocycles. The van der Waals surface area contributed by atoms with Gasteiger partial charge >= 0.3 is 5.69 Å². The monoisotopic (exact) mass is 266 g/mol. The summed E-state index contributed by atoms with van der Waals surface area (Å²) in [6, 6.07) is 1.72. The maximum absolute atomic E-state index is 11.4. The number of H-pyrrole nitrogens is 1. The Hall–Kier alpha value is -1.90. The SMILES string of the molecule is Nc1[nH]c(=O)nc2c1ccn2[C@@H]1C[C@@H](O)[C@H](CO)O1. The van der Waals surface area contributed by atoms with Crippen molar-refractivity contribution in [2.24, 2.45) is 0 Å². The molecule has 1 fully saturated rings. The minimum atomic E-state index is -0.744. The average Bonchev–Trinajstić information content (AvgIpc) is 2.92. The minimum absolute atomic E-state index is 0.242. The van der Waals surface area contributed by atoms with E-state index in [4.69, 9.17) is 15.6 Å². The van der Waals surface area contributed by atoms with E-state index >= 15 is 0 Å². The van der Waals surface area contributed by atoms with Crippen LogP contribution in [0, 0.1) is 0 Å². The van der Waals surface area contributed by atoms with E-state index in [0.29, 0.717) is 17.5 Å². The fourth-order valence-electron chi connectivity index (χ4n) is 2.36. The lowest BCUT2D eigenvalue weighted by Crippen LogP contribution is -2.24. The Kier molecular flexibility index (Phi) is 2.77. The number of hydrogen-bond donors (Lipinski definition) is 4. The molecule has 3 atom stereocenters. The largest absolute Gasteiger partial charge is 0.394 e. The summed E-state index contributed by atoms with van der Waals surface area (Å²) in [5.41, 5.74) is 5.57. The Morgan fingerprint density at radius 3 is 3.11 bits per heavy atom. The summed E-state index contributed by atoms with van der Waals surface area (Å²) in [6.07, 6.45) is 0.175. The van der Waals surface area contributed by atoms with E-state index in [0.717, 1.165) is 0 Å². The summed E-state index contributed by atoms with van der Waals surface area (Å²) in [7, 11) is 0. The molecule has 2 aromatic heterocycles. The number of rotatable bonds is 2. The van der Waals surface area contributed by atoms with Gasteiger partial charge in [-0.3, -0.25) is 4.98 Å². The number of nitrogen functional groups attached to an aromatic ring is 1. The first-order valence-corrected chi connectivity index (χ1v) is 5.91. The van der Waals surface area contributed by atoms with Crippen molar-refractivity contribution in [2.75, 3.05) is 12.3 Å². The van der Waals surface area contributed by atoms with Gasteiger partial charge in [-0.1, -0.05) is 0 Å². The Labute approximate surface area is 107 Å². The molecular weight excluding hydrogens is 252 g/mol. The molecule has 0 spiro atoms. The van der Waals surface area contributed by atoms with Crippen LogP contribution in [0.1, 0.15) is 12.6 Å². The molecule has 3 heterocycles. The van der Waals surface area contributed by atoms with Crippen LogP contribution in [0.5, 0.6) is 0 Å². The zero-order valence-electron chi connectivity index (χ0n) is 9.98. The van der Waals surface area contributed by atoms with E-state index in [-0.39, 0.29) is 12.4 Å². The molecule has 8 nitrogen and oxygen atoms in total. The van der Waals surface area contributed by atoms with Crippen molar-refractivity contribution < 1.29 is 14.9 Å². The Morgan fingerprint density at radius 2 is 2.42 bits per heavy atom. The van der Waals surface area contributed by atoms with Crippen molar-refractivity contribution in [1.29, 1.82) is 0 Å². The maximum atomic E-state index is 11.4. The number of hydrogen-bond acceptors (Lipinski definition) is 6. The van der Waals surface area contributed by atoms with E-state index in [9.17, 15) is 9.90 Å². The van der Waals surface area contributed by atoms with Crippen LogP contribution in [0.4, 0.5) is 5.82 Å². The standard InChI is InChI=1S/C11H14N4O4/c12-9-5-1-2-15(10(5)14-11(18)13-9)8-3-6(17)7(4-16)19-8/h1-2,6-8,16-17H,3-4H2,(H3,12,13,14,18)/t6-,7+,8+/m1/s1. The molecule has 1 aliphatic rings. The number of ether oxygens (including phenoxy) is 1. The van der Waals surface area contributed by atoms with Crippen LogP contribution < -0.4 is 11.4 Å². The first kappa shape index (κ1) is 12.2. The van der Waals surface area contributed by atoms with Gasteiger partial charge in [0.15, 0.2) is 5.65 Å². The number of aliphatic hydroxyl groups is 2. The molecule has 19 heavy (non-hydrogen) atoms. The first-order valence-electron chi connectivity index (χ1n) is 5.91. The molecule has 8 heteroatoms. The van der Waals surface area contributed by atoms with Crippen LogP contribution in [0.25, 0.3) is 11.0 Å². The molecule has 0 aromatic carbocycles. The normalized spacial score (nSPS) is 27.2. The predicted octanol–water partition coefficient (Wildman–Crippen LogP) is -1.05. The van der Waals surface area contributed by atoms with Crippen LogP contribution >= 0.6 is 0 Å². The fourth-order valence-corrected chi connectivity index (χ4v) is 2.36. The Morgan fingerprint density at radius 1 is 1.63 bits per heavy atom. The number of anilines is 1. The molecule has 0 aliphatic carbocycles. The predicted molar refractivity (Wildman–Crippen MR) is 66.4 cm³/mol. The average molecular weight is 266 g/mol. The Bertz CT molecular complexity index is 664. The lowest BCUT2D eigenvalue weighted by molar-refractivity contribution is -0.0430. The fraction of sp³-hybridized carbons (Fsp3) is 0.455. The summed E-state index contributed by atoms with van der Waals surface area (Å²) in [5, 5.41) is 19.4. The zero-order chi connectivity index (χ0) is 13.6. The molecule has 0 unspecified atom stereocenters. The number of nitrogens with zero attached hydrogens (tertiary/aromatic N) is 2. The quantitative estimate of drug-likeness (QED) is 0.549. The van der Waals surface area contributed by atoms with E-state index in [1.807, 2.05) is 0 Å². The van der Waals surface area contributed by atoms with Crippen molar-refractivity contribution in [1.82, 2.24) is 14.5 Å². The lowest BCUT2D eigenvalue weighted by atomic mass is 10.2. The van der Waals surface area contributed by atoms with Crippen LogP contribution in [-0.2, 0) is 4.74 Å². The van der Waals surface area contributed by atoms with Crippen molar-refractivity contribution in [3.63, 3.8) is 0 Å². The van der Waals surface area contributed by atoms with Crippen molar-refractivity contribution >= 4 is 16.9 Å². The summed E-state index contributed by atoms with van der Waals surface area (Å²) in [6.45, 7) is -0.257. The molecular formula is C11H14N4O4. The second-order valence-corrected chi connectivity index (χ2v) is 4.53. The van der Waals surface area contributed by atoms with Gasteiger partial charge in [-0.2, -0.15) is 4.98 Å². The topological polar surface area (TPSA) is 126 Å². The van der Waals surface area contributed by atoms with Crippen LogP contribution in [0.15, 0.2) is 17.1 Å². The third-order valence-corrected chi connectivity index (χ3v) is 3.32. The molecule has 1 saturated heterocycles. The van der Waals surface area contributed by atoms with Gasteiger partial charge < -0.3 is 25.3 Å². The van der Waals surface area contributed by atoms with E-state index < -0.39 is 24.1 Å². The number of fused-ring (bicyclic) bond motifs is 1. The van der Waals surface area contributed by atoms with Crippen LogP contribution in [0.3, 0.4) is 0 Å². The number of nitrogens with two attached hydrogens (primary N) is 1. The highest BCUT2D eigenvalue weighted by Crippen LogP contribution is 2.31. The molecule has 0 amide bonds. The highest BCUT2D eigenvalue weighted by molar-refractivity contribution is 5.86. The minimum Gasteiger partial charge on any atom is -0.394 e. The highest BCUT2D eigenvalue weighted by Gasteiger charge is 2.35. The number of aliphatic hydroxyl groups excluding tert-OH is 2. The first-order chi connectivity index (χ1) is 9.10. The summed E-state index contributed by atoms with van der Waals surface area (Å²) in [5.74, 6) is 0.242. The molecule has 102 valence electrons. The van der Waals surface area contributed by atoms with Gasteiger partial charge in [0.1, 0.15) is 18.1 Å². The van der Waals surface area contributed by atoms with Gasteiger partial charge in [0.25, 0.3) is 0 Å². The number of aromatic nitrogens is 3. The van der Waals surface area contributed by atoms with Gasteiger partial charge in [-0.15, -0.1) is 0 Å². The van der Waals surface area contributed by atoms with Gasteiger partial charge in [0.2, 0.25) is 0 Å². The molecule has 0 bridgehead atoms. The number of nitrogens with one attached hydrogen (secondary N) is 1. The molecule has 3 rings (SSSR count). The third kappa shape index (κ3) is 1.89. The molecule has 0 radical (unpaired) electrons. The molecule has 5 N–H and O–H groups in total. The van der Waals surface area contributed by atoms with Crippen molar-refractivity contribution in [3.05, 3.63) is 22.7 Å². The van der Waals surface area contributed by atoms with Crippen LogP contribution in [0.2, 0.25) is 0 Å². The second kappa shape index (κ2) is 4.34. The van der Waals surface area contributed by atoms with Gasteiger partial charge in [-0.25, -0.2) is 4.79 Å². The second-order valence-electron chi connectivity index (χ2n) is 4.53. The van der Waals surface area contributed by atoms with Gasteiger partial charge in [0, 0.05) is 12.6 Å². The van der Waals surface area contributed by atoms with Crippen molar-refractivity contribution in [3.8, 4) is 0 Å². The summed E-state index contributed by atoms with van der Waals surface area (Å²) < 4.78 is 7.16. The van der Waals surface area contributed by atoms with E-state index in [2.05, 4.69) is 9.97 Å². The third-order valence-electron chi connectivity index (χ3n) is 3.32. The maximum Gasteiger partial charge on any atom is 0.348 e. The summed E-state index contributed by atoms with van der Waals surface area (Å²) >= 11 is 0. The van der Waals surface area contributed by atoms with E-state index in [1.54, 1.807) is 16.8 Å². The van der Waals surface area contributed by atoms with Crippen LogP contribution in [-0.4, -0.2) is 43.6 Å². The van der Waals surface area contributed by atoms with Crippen molar-refractivity contribution in [2.45, 2.75) is 24.9 Å². The summed E-state index contributed by atoms with van der Waals surface area (Å²) in [4.78, 5) is 17.6. The van der Waals surface area contributed by atoms with Gasteiger partial charge in [0.05, 0.1) is 18.1 Å². The van der Waals surface area contributed by atoms with E-state index in [1.165, 1.54) is 0 Å². The highest BCUT2D eigenvalue weighted by atomic mass is 16.5. The zero-order valence-corrected chi connectivity index (χ0v) is 9.98. The number of aromatic amines is 1. The molecule has 2 aromatic rings. The smallest absolute Gasteiger partial charge is 0.348 e. The lowest BCUT2D eigenvalue weighted by Gasteiger charge is -2.14. The Balaban J connectivity index is 2.05.